The first-order chi connectivity index (χ1) is 9.70. The molecule has 0 saturated heterocycles. The van der Waals surface area contributed by atoms with Crippen molar-refractivity contribution in [1.29, 1.82) is 0 Å². The Balaban J connectivity index is 0.00000220. The molecular formula is C15H21Cl2N3OS. The molecule has 2 aromatic rings. The summed E-state index contributed by atoms with van der Waals surface area (Å²) in [6.07, 6.45) is 2.46. The van der Waals surface area contributed by atoms with Gasteiger partial charge in [-0.2, -0.15) is 0 Å². The number of likely N-dealkylation sites (N-methyl/N-ethyl adjacent to an activating group) is 2. The van der Waals surface area contributed by atoms with Crippen molar-refractivity contribution in [3.63, 3.8) is 0 Å². The number of amides is 1. The lowest BCUT2D eigenvalue weighted by atomic mass is 10.2. The van der Waals surface area contributed by atoms with Gasteiger partial charge in [0.2, 0.25) is 0 Å². The summed E-state index contributed by atoms with van der Waals surface area (Å²) in [7, 11) is 3.69. The number of thiazole rings is 1. The van der Waals surface area contributed by atoms with E-state index in [9.17, 15) is 4.79 Å². The lowest BCUT2D eigenvalue weighted by Crippen LogP contribution is -2.32. The van der Waals surface area contributed by atoms with Crippen LogP contribution in [0.15, 0.2) is 36.5 Å². The fourth-order valence-electron chi connectivity index (χ4n) is 1.83. The Hall–Kier alpha value is -1.14. The Bertz CT molecular complexity index is 563. The van der Waals surface area contributed by atoms with E-state index >= 15 is 0 Å². The zero-order valence-electron chi connectivity index (χ0n) is 12.6. The van der Waals surface area contributed by atoms with Gasteiger partial charge in [-0.05, 0) is 12.6 Å². The maximum Gasteiger partial charge on any atom is 0.265 e. The highest BCUT2D eigenvalue weighted by molar-refractivity contribution is 7.13. The van der Waals surface area contributed by atoms with Crippen molar-refractivity contribution >= 4 is 42.1 Å². The zero-order valence-corrected chi connectivity index (χ0v) is 15.1. The van der Waals surface area contributed by atoms with E-state index < -0.39 is 0 Å². The molecule has 0 spiro atoms. The third-order valence-corrected chi connectivity index (χ3v) is 3.99. The number of halogens is 2. The molecule has 0 atom stereocenters. The molecule has 22 heavy (non-hydrogen) atoms. The minimum absolute atomic E-state index is 0. The highest BCUT2D eigenvalue weighted by atomic mass is 35.5. The van der Waals surface area contributed by atoms with Gasteiger partial charge in [-0.3, -0.25) is 4.79 Å². The van der Waals surface area contributed by atoms with Gasteiger partial charge in [0.05, 0.1) is 11.2 Å². The molecule has 0 aliphatic carbocycles. The van der Waals surface area contributed by atoms with Crippen LogP contribution in [0.3, 0.4) is 0 Å². The van der Waals surface area contributed by atoms with Crippen molar-refractivity contribution in [2.45, 2.75) is 6.42 Å². The smallest absolute Gasteiger partial charge is 0.265 e. The predicted molar refractivity (Wildman–Crippen MR) is 96.7 cm³/mol. The van der Waals surface area contributed by atoms with Crippen molar-refractivity contribution < 1.29 is 4.79 Å². The maximum absolute atomic E-state index is 12.2. The SMILES string of the molecule is CNCCN(C)C(=O)c1cnc(Cc2ccccc2)s1.Cl.Cl. The summed E-state index contributed by atoms with van der Waals surface area (Å²) < 4.78 is 0. The molecule has 1 aromatic carbocycles. The lowest BCUT2D eigenvalue weighted by Gasteiger charge is -2.15. The molecule has 7 heteroatoms. The molecule has 1 N–H and O–H groups in total. The van der Waals surface area contributed by atoms with Crippen molar-refractivity contribution in [2.75, 3.05) is 27.2 Å². The van der Waals surface area contributed by atoms with Gasteiger partial charge in [-0.1, -0.05) is 30.3 Å². The van der Waals surface area contributed by atoms with Gasteiger partial charge >= 0.3 is 0 Å². The summed E-state index contributed by atoms with van der Waals surface area (Å²) >= 11 is 1.47. The van der Waals surface area contributed by atoms with Crippen LogP contribution in [0.25, 0.3) is 0 Å². The Labute approximate surface area is 147 Å². The number of hydrogen-bond donors (Lipinski definition) is 1. The van der Waals surface area contributed by atoms with E-state index in [1.54, 1.807) is 11.1 Å². The Morgan fingerprint density at radius 3 is 2.59 bits per heavy atom. The Kier molecular flexibility index (Phi) is 10.0. The highest BCUT2D eigenvalue weighted by Crippen LogP contribution is 2.18. The standard InChI is InChI=1S/C15H19N3OS.2ClH/c1-16-8-9-18(2)15(19)13-11-17-14(20-13)10-12-6-4-3-5-7-12;;/h3-7,11,16H,8-10H2,1-2H3;2*1H. The molecule has 1 heterocycles. The maximum atomic E-state index is 12.2. The second kappa shape index (κ2) is 10.6. The van der Waals surface area contributed by atoms with E-state index in [2.05, 4.69) is 22.4 Å². The summed E-state index contributed by atoms with van der Waals surface area (Å²) in [6.45, 7) is 1.49. The molecule has 2 rings (SSSR count). The number of hydrogen-bond acceptors (Lipinski definition) is 4. The van der Waals surface area contributed by atoms with E-state index in [1.165, 1.54) is 16.9 Å². The van der Waals surface area contributed by atoms with Gasteiger partial charge < -0.3 is 10.2 Å². The summed E-state index contributed by atoms with van der Waals surface area (Å²) in [5.74, 6) is 0.0389. The Morgan fingerprint density at radius 2 is 1.95 bits per heavy atom. The summed E-state index contributed by atoms with van der Waals surface area (Å²) in [6, 6.07) is 10.2. The fraction of sp³-hybridized carbons (Fsp3) is 0.333. The van der Waals surface area contributed by atoms with Crippen LogP contribution in [-0.4, -0.2) is 43.0 Å². The zero-order chi connectivity index (χ0) is 14.4. The molecule has 0 aliphatic rings. The average molecular weight is 362 g/mol. The van der Waals surface area contributed by atoms with Gasteiger partial charge in [-0.25, -0.2) is 4.98 Å². The van der Waals surface area contributed by atoms with Crippen LogP contribution in [-0.2, 0) is 6.42 Å². The fourth-order valence-corrected chi connectivity index (χ4v) is 2.78. The van der Waals surface area contributed by atoms with E-state index in [1.807, 2.05) is 32.3 Å². The van der Waals surface area contributed by atoms with Crippen molar-refractivity contribution in [3.05, 3.63) is 52.0 Å². The average Bonchev–Trinajstić information content (AvgIpc) is 2.93. The van der Waals surface area contributed by atoms with Crippen molar-refractivity contribution in [1.82, 2.24) is 15.2 Å². The van der Waals surface area contributed by atoms with Gasteiger partial charge in [0.15, 0.2) is 0 Å². The molecule has 0 radical (unpaired) electrons. The minimum atomic E-state index is 0. The highest BCUT2D eigenvalue weighted by Gasteiger charge is 2.14. The molecule has 122 valence electrons. The quantitative estimate of drug-likeness (QED) is 0.860. The van der Waals surface area contributed by atoms with Crippen LogP contribution in [0.2, 0.25) is 0 Å². The number of aromatic nitrogens is 1. The van der Waals surface area contributed by atoms with Crippen molar-refractivity contribution in [2.24, 2.45) is 0 Å². The van der Waals surface area contributed by atoms with Gasteiger partial charge in [0.25, 0.3) is 5.91 Å². The summed E-state index contributed by atoms with van der Waals surface area (Å²) in [4.78, 5) is 19.0. The van der Waals surface area contributed by atoms with Crippen molar-refractivity contribution in [3.8, 4) is 0 Å². The van der Waals surface area contributed by atoms with Crippen LogP contribution < -0.4 is 5.32 Å². The third kappa shape index (κ3) is 5.93. The second-order valence-corrected chi connectivity index (χ2v) is 5.73. The van der Waals surface area contributed by atoms with E-state index in [-0.39, 0.29) is 30.7 Å². The molecule has 0 unspecified atom stereocenters. The molecule has 0 bridgehead atoms. The van der Waals surface area contributed by atoms with Crippen LogP contribution >= 0.6 is 36.2 Å². The lowest BCUT2D eigenvalue weighted by molar-refractivity contribution is 0.0801. The van der Waals surface area contributed by atoms with Crippen LogP contribution in [0.4, 0.5) is 0 Å². The molecule has 0 saturated carbocycles. The van der Waals surface area contributed by atoms with E-state index in [0.29, 0.717) is 11.4 Å². The first-order valence-electron chi connectivity index (χ1n) is 6.59. The monoisotopic (exact) mass is 361 g/mol. The number of carbonyl (C=O) groups excluding carboxylic acids is 1. The first kappa shape index (κ1) is 20.9. The second-order valence-electron chi connectivity index (χ2n) is 4.61. The number of nitrogens with zero attached hydrogens (tertiary/aromatic N) is 2. The number of rotatable bonds is 6. The number of nitrogens with one attached hydrogen (secondary N) is 1. The largest absolute Gasteiger partial charge is 0.340 e. The van der Waals surface area contributed by atoms with E-state index in [0.717, 1.165) is 18.0 Å². The normalized spacial score (nSPS) is 9.55. The van der Waals surface area contributed by atoms with E-state index in [4.69, 9.17) is 0 Å². The van der Waals surface area contributed by atoms with Crippen LogP contribution in [0.5, 0.6) is 0 Å². The number of benzene rings is 1. The summed E-state index contributed by atoms with van der Waals surface area (Å²) in [5, 5.41) is 4.01. The minimum Gasteiger partial charge on any atom is -0.340 e. The van der Waals surface area contributed by atoms with Gasteiger partial charge in [-0.15, -0.1) is 36.2 Å². The number of carbonyl (C=O) groups is 1. The van der Waals surface area contributed by atoms with Crippen LogP contribution in [0, 0.1) is 0 Å². The van der Waals surface area contributed by atoms with Gasteiger partial charge in [0.1, 0.15) is 4.88 Å². The molecule has 1 aromatic heterocycles. The molecule has 0 fully saturated rings. The van der Waals surface area contributed by atoms with Gasteiger partial charge in [0, 0.05) is 26.6 Å². The predicted octanol–water partition coefficient (Wildman–Crippen LogP) is 2.87. The Morgan fingerprint density at radius 1 is 1.27 bits per heavy atom. The molecule has 1 amide bonds. The summed E-state index contributed by atoms with van der Waals surface area (Å²) in [5.41, 5.74) is 1.21. The third-order valence-electron chi connectivity index (χ3n) is 3.01. The van der Waals surface area contributed by atoms with Crippen LogP contribution in [0.1, 0.15) is 20.2 Å². The first-order valence-corrected chi connectivity index (χ1v) is 7.41. The topological polar surface area (TPSA) is 45.2 Å². The molecule has 4 nitrogen and oxygen atoms in total. The molecule has 0 aliphatic heterocycles. The molecular weight excluding hydrogens is 341 g/mol.